The molecular formula is C13H14FN5. The lowest BCUT2D eigenvalue weighted by atomic mass is 10.2. The molecule has 0 fully saturated rings. The fraction of sp³-hybridized carbons (Fsp3) is 0.231. The Kier molecular flexibility index (Phi) is 2.70. The largest absolute Gasteiger partial charge is 0.373 e. The lowest BCUT2D eigenvalue weighted by molar-refractivity contribution is 0.628. The normalized spacial score (nSPS) is 13.5. The van der Waals surface area contributed by atoms with Crippen molar-refractivity contribution in [3.8, 4) is 0 Å². The van der Waals surface area contributed by atoms with E-state index in [9.17, 15) is 4.39 Å². The molecule has 0 amide bonds. The van der Waals surface area contributed by atoms with Gasteiger partial charge >= 0.3 is 0 Å². The zero-order valence-corrected chi connectivity index (χ0v) is 10.5. The van der Waals surface area contributed by atoms with Gasteiger partial charge in [-0.3, -0.25) is 0 Å². The van der Waals surface area contributed by atoms with E-state index in [4.69, 9.17) is 5.73 Å². The molecule has 0 bridgehead atoms. The molecule has 0 saturated heterocycles. The molecule has 0 atom stereocenters. The number of hydrogen-bond donors (Lipinski definition) is 2. The predicted octanol–water partition coefficient (Wildman–Crippen LogP) is 1.93. The van der Waals surface area contributed by atoms with Gasteiger partial charge in [0.05, 0.1) is 0 Å². The fourth-order valence-electron chi connectivity index (χ4n) is 2.31. The summed E-state index contributed by atoms with van der Waals surface area (Å²) in [6.07, 6.45) is 0.869. The van der Waals surface area contributed by atoms with Crippen molar-refractivity contribution in [3.63, 3.8) is 0 Å². The van der Waals surface area contributed by atoms with Gasteiger partial charge in [-0.25, -0.2) is 4.39 Å². The van der Waals surface area contributed by atoms with Crippen LogP contribution in [0.2, 0.25) is 0 Å². The van der Waals surface area contributed by atoms with E-state index in [-0.39, 0.29) is 11.8 Å². The number of nitrogens with zero attached hydrogens (tertiary/aromatic N) is 3. The van der Waals surface area contributed by atoms with Crippen LogP contribution in [0.25, 0.3) is 0 Å². The Morgan fingerprint density at radius 1 is 1.32 bits per heavy atom. The number of nitrogen functional groups attached to an aromatic ring is 1. The van der Waals surface area contributed by atoms with Crippen molar-refractivity contribution in [1.29, 1.82) is 0 Å². The van der Waals surface area contributed by atoms with E-state index in [0.29, 0.717) is 11.6 Å². The second kappa shape index (κ2) is 4.38. The van der Waals surface area contributed by atoms with Crippen LogP contribution in [0.15, 0.2) is 24.3 Å². The van der Waals surface area contributed by atoms with Crippen LogP contribution in [0.1, 0.15) is 5.56 Å². The molecule has 0 radical (unpaired) electrons. The van der Waals surface area contributed by atoms with Crippen LogP contribution in [0.5, 0.6) is 0 Å². The van der Waals surface area contributed by atoms with Gasteiger partial charge in [-0.05, 0) is 24.1 Å². The molecule has 5 nitrogen and oxygen atoms in total. The molecule has 1 aromatic heterocycles. The van der Waals surface area contributed by atoms with E-state index in [2.05, 4.69) is 15.3 Å². The molecule has 0 unspecified atom stereocenters. The van der Waals surface area contributed by atoms with Crippen LogP contribution >= 0.6 is 0 Å². The van der Waals surface area contributed by atoms with Gasteiger partial charge in [0.2, 0.25) is 5.95 Å². The summed E-state index contributed by atoms with van der Waals surface area (Å²) in [7, 11) is 1.77. The first-order valence-corrected chi connectivity index (χ1v) is 6.05. The van der Waals surface area contributed by atoms with Gasteiger partial charge in [0.25, 0.3) is 0 Å². The lowest BCUT2D eigenvalue weighted by Crippen LogP contribution is -2.16. The third-order valence-electron chi connectivity index (χ3n) is 3.21. The van der Waals surface area contributed by atoms with Crippen molar-refractivity contribution in [3.05, 3.63) is 35.6 Å². The molecule has 1 aliphatic rings. The molecule has 6 heteroatoms. The fourth-order valence-corrected chi connectivity index (χ4v) is 2.31. The first-order valence-electron chi connectivity index (χ1n) is 6.05. The number of nitrogens with two attached hydrogens (primary N) is 1. The smallest absolute Gasteiger partial charge is 0.223 e. The monoisotopic (exact) mass is 259 g/mol. The highest BCUT2D eigenvalue weighted by Gasteiger charge is 2.22. The van der Waals surface area contributed by atoms with Gasteiger partial charge in [-0.1, -0.05) is 6.07 Å². The average Bonchev–Trinajstić information content (AvgIpc) is 2.80. The van der Waals surface area contributed by atoms with E-state index in [1.807, 2.05) is 11.0 Å². The summed E-state index contributed by atoms with van der Waals surface area (Å²) in [5.41, 5.74) is 7.65. The third kappa shape index (κ3) is 2.05. The average molecular weight is 259 g/mol. The zero-order valence-electron chi connectivity index (χ0n) is 10.5. The van der Waals surface area contributed by atoms with E-state index in [1.165, 1.54) is 12.1 Å². The molecule has 98 valence electrons. The molecule has 0 aliphatic carbocycles. The van der Waals surface area contributed by atoms with E-state index in [0.717, 1.165) is 24.2 Å². The Hall–Kier alpha value is -2.37. The zero-order chi connectivity index (χ0) is 13.4. The summed E-state index contributed by atoms with van der Waals surface area (Å²) in [6, 6.07) is 6.62. The predicted molar refractivity (Wildman–Crippen MR) is 73.1 cm³/mol. The molecule has 1 aromatic carbocycles. The van der Waals surface area contributed by atoms with Crippen LogP contribution in [-0.2, 0) is 6.42 Å². The van der Waals surface area contributed by atoms with Crippen molar-refractivity contribution in [2.75, 3.05) is 29.5 Å². The number of nitrogens with one attached hydrogen (secondary N) is 1. The highest BCUT2D eigenvalue weighted by molar-refractivity contribution is 5.69. The van der Waals surface area contributed by atoms with Crippen molar-refractivity contribution in [1.82, 2.24) is 9.97 Å². The molecule has 1 aliphatic heterocycles. The third-order valence-corrected chi connectivity index (χ3v) is 3.21. The molecular weight excluding hydrogens is 245 g/mol. The number of aromatic nitrogens is 2. The van der Waals surface area contributed by atoms with Gasteiger partial charge in [0.1, 0.15) is 17.5 Å². The summed E-state index contributed by atoms with van der Waals surface area (Å²) >= 11 is 0. The summed E-state index contributed by atoms with van der Waals surface area (Å²) in [4.78, 5) is 10.2. The minimum Gasteiger partial charge on any atom is -0.373 e. The number of benzene rings is 1. The summed E-state index contributed by atoms with van der Waals surface area (Å²) in [5.74, 6) is 1.28. The maximum atomic E-state index is 13.4. The van der Waals surface area contributed by atoms with Gasteiger partial charge in [0.15, 0.2) is 0 Å². The van der Waals surface area contributed by atoms with E-state index in [1.54, 1.807) is 13.1 Å². The number of anilines is 4. The van der Waals surface area contributed by atoms with Crippen molar-refractivity contribution >= 4 is 23.3 Å². The van der Waals surface area contributed by atoms with E-state index >= 15 is 0 Å². The second-order valence-corrected chi connectivity index (χ2v) is 4.39. The quantitative estimate of drug-likeness (QED) is 0.862. The van der Waals surface area contributed by atoms with Crippen LogP contribution in [0.4, 0.5) is 27.7 Å². The number of fused-ring (bicyclic) bond motifs is 1. The minimum atomic E-state index is -0.249. The van der Waals surface area contributed by atoms with Gasteiger partial charge in [-0.2, -0.15) is 9.97 Å². The first kappa shape index (κ1) is 11.7. The molecule has 2 heterocycles. The number of rotatable bonds is 2. The van der Waals surface area contributed by atoms with Crippen molar-refractivity contribution in [2.45, 2.75) is 6.42 Å². The van der Waals surface area contributed by atoms with Gasteiger partial charge in [0, 0.05) is 25.3 Å². The van der Waals surface area contributed by atoms with Crippen LogP contribution < -0.4 is 16.0 Å². The topological polar surface area (TPSA) is 67.1 Å². The summed E-state index contributed by atoms with van der Waals surface area (Å²) in [6.45, 7) is 0.762. The minimum absolute atomic E-state index is 0.201. The molecule has 0 saturated carbocycles. The highest BCUT2D eigenvalue weighted by atomic mass is 19.1. The van der Waals surface area contributed by atoms with Crippen molar-refractivity contribution < 1.29 is 4.39 Å². The highest BCUT2D eigenvalue weighted by Crippen LogP contribution is 2.34. The molecule has 2 aromatic rings. The summed E-state index contributed by atoms with van der Waals surface area (Å²) < 4.78 is 13.4. The first-order chi connectivity index (χ1) is 9.17. The Bertz CT molecular complexity index is 628. The number of halogens is 1. The summed E-state index contributed by atoms with van der Waals surface area (Å²) in [5, 5.41) is 2.94. The lowest BCUT2D eigenvalue weighted by Gasteiger charge is -2.19. The van der Waals surface area contributed by atoms with Crippen molar-refractivity contribution in [2.24, 2.45) is 0 Å². The maximum absolute atomic E-state index is 13.4. The Labute approximate surface area is 110 Å². The maximum Gasteiger partial charge on any atom is 0.223 e. The second-order valence-electron chi connectivity index (χ2n) is 4.39. The molecule has 3 N–H and O–H groups in total. The number of hydrogen-bond acceptors (Lipinski definition) is 5. The standard InChI is InChI=1S/C13H14FN5/c1-16-11-7-12(18-13(15)17-11)19-5-4-8-2-3-9(14)6-10(8)19/h2-3,6-7H,4-5H2,1H3,(H3,15,16,17,18). The SMILES string of the molecule is CNc1cc(N2CCc3ccc(F)cc32)nc(N)n1. The molecule has 3 rings (SSSR count). The van der Waals surface area contributed by atoms with Crippen LogP contribution in [0.3, 0.4) is 0 Å². The molecule has 19 heavy (non-hydrogen) atoms. The van der Waals surface area contributed by atoms with Crippen LogP contribution in [0, 0.1) is 5.82 Å². The molecule has 0 spiro atoms. The Morgan fingerprint density at radius 3 is 2.95 bits per heavy atom. The van der Waals surface area contributed by atoms with Crippen LogP contribution in [-0.4, -0.2) is 23.6 Å². The Morgan fingerprint density at radius 2 is 2.16 bits per heavy atom. The van der Waals surface area contributed by atoms with Gasteiger partial charge in [-0.15, -0.1) is 0 Å². The van der Waals surface area contributed by atoms with E-state index < -0.39 is 0 Å². The Balaban J connectivity index is 2.06. The van der Waals surface area contributed by atoms with Gasteiger partial charge < -0.3 is 16.0 Å².